The quantitative estimate of drug-likeness (QED) is 0.811. The SMILES string of the molecule is COCc1c(C(=O)O)nnn1Cc1ccc(C(=O)O)cc1. The van der Waals surface area contributed by atoms with Crippen LogP contribution in [0.25, 0.3) is 0 Å². The number of nitrogens with zero attached hydrogens (tertiary/aromatic N) is 3. The molecule has 2 aromatic rings. The molecule has 0 atom stereocenters. The molecule has 0 fully saturated rings. The fourth-order valence-corrected chi connectivity index (χ4v) is 1.83. The minimum Gasteiger partial charge on any atom is -0.478 e. The number of methoxy groups -OCH3 is 1. The number of hydrogen-bond donors (Lipinski definition) is 2. The third-order valence-electron chi connectivity index (χ3n) is 2.85. The van der Waals surface area contributed by atoms with Crippen LogP contribution < -0.4 is 0 Å². The van der Waals surface area contributed by atoms with Crippen LogP contribution in [0.5, 0.6) is 0 Å². The van der Waals surface area contributed by atoms with Crippen LogP contribution >= 0.6 is 0 Å². The number of benzene rings is 1. The molecule has 110 valence electrons. The van der Waals surface area contributed by atoms with Crippen molar-refractivity contribution in [2.75, 3.05) is 7.11 Å². The maximum Gasteiger partial charge on any atom is 0.358 e. The maximum atomic E-state index is 11.0. The summed E-state index contributed by atoms with van der Waals surface area (Å²) in [5.74, 6) is -2.18. The number of ether oxygens (including phenoxy) is 1. The van der Waals surface area contributed by atoms with E-state index in [2.05, 4.69) is 10.3 Å². The average molecular weight is 291 g/mol. The monoisotopic (exact) mass is 291 g/mol. The van der Waals surface area contributed by atoms with Gasteiger partial charge in [-0.15, -0.1) is 5.10 Å². The standard InChI is InChI=1S/C13H13N3O5/c1-21-7-10-11(13(19)20)14-15-16(10)6-8-2-4-9(5-3-8)12(17)18/h2-5H,6-7H2,1H3,(H,17,18)(H,19,20). The van der Waals surface area contributed by atoms with Crippen molar-refractivity contribution in [2.45, 2.75) is 13.2 Å². The molecule has 2 rings (SSSR count). The Balaban J connectivity index is 2.26. The van der Waals surface area contributed by atoms with E-state index in [1.807, 2.05) is 0 Å². The lowest BCUT2D eigenvalue weighted by atomic mass is 10.1. The van der Waals surface area contributed by atoms with Crippen molar-refractivity contribution >= 4 is 11.9 Å². The van der Waals surface area contributed by atoms with Crippen molar-refractivity contribution in [2.24, 2.45) is 0 Å². The smallest absolute Gasteiger partial charge is 0.358 e. The van der Waals surface area contributed by atoms with E-state index >= 15 is 0 Å². The molecule has 0 radical (unpaired) electrons. The van der Waals surface area contributed by atoms with Crippen molar-refractivity contribution < 1.29 is 24.5 Å². The molecule has 0 saturated carbocycles. The van der Waals surface area contributed by atoms with Gasteiger partial charge in [0, 0.05) is 7.11 Å². The van der Waals surface area contributed by atoms with E-state index in [-0.39, 0.29) is 24.4 Å². The second-order valence-electron chi connectivity index (χ2n) is 4.28. The van der Waals surface area contributed by atoms with Gasteiger partial charge < -0.3 is 14.9 Å². The Hall–Kier alpha value is -2.74. The molecule has 0 aliphatic carbocycles. The van der Waals surface area contributed by atoms with Gasteiger partial charge in [-0.25, -0.2) is 14.3 Å². The van der Waals surface area contributed by atoms with Crippen LogP contribution in [-0.4, -0.2) is 44.3 Å². The molecule has 1 aromatic carbocycles. The number of carbonyl (C=O) groups is 2. The van der Waals surface area contributed by atoms with Gasteiger partial charge in [-0.05, 0) is 17.7 Å². The van der Waals surface area contributed by atoms with E-state index in [9.17, 15) is 9.59 Å². The number of rotatable bonds is 6. The minimum atomic E-state index is -1.17. The Kier molecular flexibility index (Phi) is 4.29. The Bertz CT molecular complexity index is 663. The summed E-state index contributed by atoms with van der Waals surface area (Å²) in [6, 6.07) is 6.23. The minimum absolute atomic E-state index is 0.0713. The van der Waals surface area contributed by atoms with Crippen LogP contribution in [0.1, 0.15) is 32.1 Å². The van der Waals surface area contributed by atoms with Gasteiger partial charge in [0.05, 0.1) is 24.4 Å². The Labute approximate surface area is 119 Å². The highest BCUT2D eigenvalue weighted by atomic mass is 16.5. The first-order chi connectivity index (χ1) is 10.0. The van der Waals surface area contributed by atoms with Crippen molar-refractivity contribution in [1.82, 2.24) is 15.0 Å². The summed E-state index contributed by atoms with van der Waals surface area (Å²) in [5, 5.41) is 25.3. The lowest BCUT2D eigenvalue weighted by Crippen LogP contribution is -2.10. The molecule has 0 saturated heterocycles. The average Bonchev–Trinajstić information content (AvgIpc) is 2.83. The molecular formula is C13H13N3O5. The van der Waals surface area contributed by atoms with Crippen LogP contribution in [0.3, 0.4) is 0 Å². The summed E-state index contributed by atoms with van der Waals surface area (Å²) in [4.78, 5) is 21.8. The number of carboxylic acids is 2. The largest absolute Gasteiger partial charge is 0.478 e. The normalized spacial score (nSPS) is 10.5. The number of aromatic carboxylic acids is 2. The molecule has 8 heteroatoms. The van der Waals surface area contributed by atoms with E-state index in [0.29, 0.717) is 5.69 Å². The molecule has 0 amide bonds. The Morgan fingerprint density at radius 2 is 1.86 bits per heavy atom. The first-order valence-electron chi connectivity index (χ1n) is 5.99. The lowest BCUT2D eigenvalue weighted by molar-refractivity contribution is 0.0678. The second-order valence-corrected chi connectivity index (χ2v) is 4.28. The van der Waals surface area contributed by atoms with Gasteiger partial charge in [-0.3, -0.25) is 0 Å². The first-order valence-corrected chi connectivity index (χ1v) is 5.99. The molecule has 0 spiro atoms. The fourth-order valence-electron chi connectivity index (χ4n) is 1.83. The molecule has 0 bridgehead atoms. The van der Waals surface area contributed by atoms with Crippen molar-refractivity contribution in [1.29, 1.82) is 0 Å². The summed E-state index contributed by atoms with van der Waals surface area (Å²) >= 11 is 0. The molecule has 0 aliphatic heterocycles. The molecule has 0 unspecified atom stereocenters. The molecule has 0 aliphatic rings. The summed E-state index contributed by atoms with van der Waals surface area (Å²) in [6.45, 7) is 0.348. The topological polar surface area (TPSA) is 115 Å². The zero-order chi connectivity index (χ0) is 15.4. The van der Waals surface area contributed by atoms with E-state index in [1.165, 1.54) is 23.9 Å². The van der Waals surface area contributed by atoms with E-state index in [1.54, 1.807) is 12.1 Å². The van der Waals surface area contributed by atoms with Gasteiger partial charge in [0.25, 0.3) is 0 Å². The second kappa shape index (κ2) is 6.14. The van der Waals surface area contributed by atoms with E-state index < -0.39 is 11.9 Å². The van der Waals surface area contributed by atoms with Gasteiger partial charge >= 0.3 is 11.9 Å². The van der Waals surface area contributed by atoms with Gasteiger partial charge in [0.15, 0.2) is 5.69 Å². The summed E-state index contributed by atoms with van der Waals surface area (Å²) < 4.78 is 6.38. The van der Waals surface area contributed by atoms with Crippen molar-refractivity contribution in [3.63, 3.8) is 0 Å². The summed E-state index contributed by atoms with van der Waals surface area (Å²) in [5.41, 5.74) is 1.16. The predicted octanol–water partition coefficient (Wildman–Crippen LogP) is 0.869. The van der Waals surface area contributed by atoms with Crippen molar-refractivity contribution in [3.8, 4) is 0 Å². The fraction of sp³-hybridized carbons (Fsp3) is 0.231. The number of carboxylic acid groups (broad SMARTS) is 2. The summed E-state index contributed by atoms with van der Waals surface area (Å²) in [7, 11) is 1.45. The molecule has 1 aromatic heterocycles. The maximum absolute atomic E-state index is 11.0. The Morgan fingerprint density at radius 1 is 1.19 bits per heavy atom. The van der Waals surface area contributed by atoms with Gasteiger partial charge in [0.2, 0.25) is 0 Å². The number of hydrogen-bond acceptors (Lipinski definition) is 5. The molecule has 1 heterocycles. The van der Waals surface area contributed by atoms with Crippen LogP contribution in [0.4, 0.5) is 0 Å². The molecule has 8 nitrogen and oxygen atoms in total. The lowest BCUT2D eigenvalue weighted by Gasteiger charge is -2.06. The van der Waals surface area contributed by atoms with E-state index in [0.717, 1.165) is 5.56 Å². The van der Waals surface area contributed by atoms with Gasteiger partial charge in [-0.2, -0.15) is 0 Å². The van der Waals surface area contributed by atoms with Crippen LogP contribution in [0.15, 0.2) is 24.3 Å². The molecule has 21 heavy (non-hydrogen) atoms. The van der Waals surface area contributed by atoms with Gasteiger partial charge in [-0.1, -0.05) is 17.3 Å². The van der Waals surface area contributed by atoms with E-state index in [4.69, 9.17) is 14.9 Å². The van der Waals surface area contributed by atoms with Crippen molar-refractivity contribution in [3.05, 3.63) is 46.8 Å². The highest BCUT2D eigenvalue weighted by Gasteiger charge is 2.18. The zero-order valence-corrected chi connectivity index (χ0v) is 11.2. The first kappa shape index (κ1) is 14.7. The Morgan fingerprint density at radius 3 is 2.38 bits per heavy atom. The highest BCUT2D eigenvalue weighted by Crippen LogP contribution is 2.11. The van der Waals surface area contributed by atoms with Crippen LogP contribution in [0, 0.1) is 0 Å². The third kappa shape index (κ3) is 3.23. The van der Waals surface area contributed by atoms with Gasteiger partial charge in [0.1, 0.15) is 0 Å². The molecular weight excluding hydrogens is 278 g/mol. The van der Waals surface area contributed by atoms with Crippen LogP contribution in [-0.2, 0) is 17.9 Å². The third-order valence-corrected chi connectivity index (χ3v) is 2.85. The number of aromatic nitrogens is 3. The molecule has 2 N–H and O–H groups in total. The predicted molar refractivity (Wildman–Crippen MR) is 70.2 cm³/mol. The summed E-state index contributed by atoms with van der Waals surface area (Å²) in [6.07, 6.45) is 0. The highest BCUT2D eigenvalue weighted by molar-refractivity contribution is 5.87. The van der Waals surface area contributed by atoms with Crippen LogP contribution in [0.2, 0.25) is 0 Å². The zero-order valence-electron chi connectivity index (χ0n) is 11.2.